The zero-order valence-electron chi connectivity index (χ0n) is 10.3. The number of carbonyl (C=O) groups excluding carboxylic acids is 1. The van der Waals surface area contributed by atoms with E-state index < -0.39 is 5.91 Å². The molecule has 0 aliphatic heterocycles. The summed E-state index contributed by atoms with van der Waals surface area (Å²) >= 11 is 3.44. The van der Waals surface area contributed by atoms with Crippen LogP contribution in [0.2, 0.25) is 0 Å². The molecule has 4 N–H and O–H groups in total. The van der Waals surface area contributed by atoms with Crippen LogP contribution in [0.1, 0.15) is 10.4 Å². The minimum Gasteiger partial charge on any atom is -0.435 e. The average Bonchev–Trinajstić information content (AvgIpc) is 2.81. The number of hydrogen-bond donors (Lipinski definition) is 2. The summed E-state index contributed by atoms with van der Waals surface area (Å²) in [6, 6.07) is 10.6. The van der Waals surface area contributed by atoms with Gasteiger partial charge in [-0.05, 0) is 40.2 Å². The highest BCUT2D eigenvalue weighted by Gasteiger charge is 2.16. The molecule has 0 spiro atoms. The molecule has 0 bridgehead atoms. The Hall–Kier alpha value is -2.34. The zero-order chi connectivity index (χ0) is 14.3. The van der Waals surface area contributed by atoms with Gasteiger partial charge in [0.1, 0.15) is 5.52 Å². The number of amides is 1. The van der Waals surface area contributed by atoms with Crippen LogP contribution < -0.4 is 11.5 Å². The van der Waals surface area contributed by atoms with E-state index in [0.29, 0.717) is 22.7 Å². The molecule has 3 aromatic rings. The highest BCUT2D eigenvalue weighted by molar-refractivity contribution is 9.10. The number of benzene rings is 2. The molecule has 0 radical (unpaired) electrons. The molecule has 2 aromatic carbocycles. The van der Waals surface area contributed by atoms with Crippen LogP contribution in [0.3, 0.4) is 0 Å². The zero-order valence-corrected chi connectivity index (χ0v) is 11.8. The summed E-state index contributed by atoms with van der Waals surface area (Å²) in [6.45, 7) is 0. The van der Waals surface area contributed by atoms with Crippen molar-refractivity contribution < 1.29 is 9.21 Å². The molecule has 100 valence electrons. The summed E-state index contributed by atoms with van der Waals surface area (Å²) in [5.41, 5.74) is 13.4. The standard InChI is InChI=1S/C14H10BrN3O2/c15-10-4-2-1-3-8(10)14-18-11-6-7(16)5-9(13(17)19)12(11)20-14/h1-6H,16H2,(H2,17,19). The Kier molecular flexibility index (Phi) is 2.94. The molecule has 0 atom stereocenters. The van der Waals surface area contributed by atoms with Crippen molar-refractivity contribution in [2.24, 2.45) is 5.73 Å². The van der Waals surface area contributed by atoms with Gasteiger partial charge >= 0.3 is 0 Å². The quantitative estimate of drug-likeness (QED) is 0.705. The molecular weight excluding hydrogens is 322 g/mol. The third-order valence-electron chi connectivity index (χ3n) is 2.88. The number of hydrogen-bond acceptors (Lipinski definition) is 4. The summed E-state index contributed by atoms with van der Waals surface area (Å²) in [7, 11) is 0. The lowest BCUT2D eigenvalue weighted by Crippen LogP contribution is -2.11. The van der Waals surface area contributed by atoms with Gasteiger partial charge in [0.15, 0.2) is 5.58 Å². The fraction of sp³-hybridized carbons (Fsp3) is 0. The van der Waals surface area contributed by atoms with Crippen LogP contribution in [0.25, 0.3) is 22.6 Å². The Morgan fingerprint density at radius 3 is 2.70 bits per heavy atom. The number of aromatic nitrogens is 1. The number of nitrogens with two attached hydrogens (primary N) is 2. The topological polar surface area (TPSA) is 95.1 Å². The highest BCUT2D eigenvalue weighted by Crippen LogP contribution is 2.32. The molecule has 1 amide bonds. The van der Waals surface area contributed by atoms with Gasteiger partial charge in [0, 0.05) is 10.2 Å². The van der Waals surface area contributed by atoms with Gasteiger partial charge in [-0.15, -0.1) is 0 Å². The summed E-state index contributed by atoms with van der Waals surface area (Å²) in [5.74, 6) is -0.197. The highest BCUT2D eigenvalue weighted by atomic mass is 79.9. The molecule has 6 heteroatoms. The first-order valence-electron chi connectivity index (χ1n) is 5.81. The molecule has 0 fully saturated rings. The second kappa shape index (κ2) is 4.64. The number of oxazole rings is 1. The molecule has 0 saturated carbocycles. The van der Waals surface area contributed by atoms with Crippen molar-refractivity contribution in [2.75, 3.05) is 5.73 Å². The number of nitrogens with zero attached hydrogens (tertiary/aromatic N) is 1. The van der Waals surface area contributed by atoms with Crippen molar-refractivity contribution in [3.05, 3.63) is 46.4 Å². The van der Waals surface area contributed by atoms with E-state index >= 15 is 0 Å². The molecule has 1 aromatic heterocycles. The fourth-order valence-corrected chi connectivity index (χ4v) is 2.44. The van der Waals surface area contributed by atoms with Gasteiger partial charge in [-0.2, -0.15) is 0 Å². The van der Waals surface area contributed by atoms with Crippen LogP contribution in [0.5, 0.6) is 0 Å². The number of nitrogen functional groups attached to an aromatic ring is 1. The van der Waals surface area contributed by atoms with E-state index in [4.69, 9.17) is 15.9 Å². The van der Waals surface area contributed by atoms with Crippen LogP contribution in [-0.4, -0.2) is 10.9 Å². The first-order chi connectivity index (χ1) is 9.56. The van der Waals surface area contributed by atoms with Crippen LogP contribution in [0.4, 0.5) is 5.69 Å². The normalized spacial score (nSPS) is 10.8. The van der Waals surface area contributed by atoms with E-state index in [9.17, 15) is 4.79 Å². The lowest BCUT2D eigenvalue weighted by molar-refractivity contribution is 0.100. The molecule has 5 nitrogen and oxygen atoms in total. The predicted molar refractivity (Wildman–Crippen MR) is 80.1 cm³/mol. The van der Waals surface area contributed by atoms with Crippen LogP contribution >= 0.6 is 15.9 Å². The largest absolute Gasteiger partial charge is 0.435 e. The molecule has 0 unspecified atom stereocenters. The molecule has 3 rings (SSSR count). The Labute approximate surface area is 122 Å². The number of halogens is 1. The summed E-state index contributed by atoms with van der Waals surface area (Å²) in [5, 5.41) is 0. The van der Waals surface area contributed by atoms with Gasteiger partial charge in [-0.3, -0.25) is 4.79 Å². The minimum atomic E-state index is -0.600. The van der Waals surface area contributed by atoms with Crippen molar-refractivity contribution in [3.63, 3.8) is 0 Å². The van der Waals surface area contributed by atoms with Gasteiger partial charge in [0.25, 0.3) is 5.91 Å². The van der Waals surface area contributed by atoms with E-state index in [1.54, 1.807) is 6.07 Å². The molecule has 1 heterocycles. The van der Waals surface area contributed by atoms with Crippen molar-refractivity contribution in [1.29, 1.82) is 0 Å². The number of anilines is 1. The Balaban J connectivity index is 2.28. The maximum Gasteiger partial charge on any atom is 0.252 e. The number of carbonyl (C=O) groups is 1. The number of rotatable bonds is 2. The number of fused-ring (bicyclic) bond motifs is 1. The molecular formula is C14H10BrN3O2. The van der Waals surface area contributed by atoms with E-state index in [0.717, 1.165) is 10.0 Å². The minimum absolute atomic E-state index is 0.228. The van der Waals surface area contributed by atoms with Crippen LogP contribution in [0.15, 0.2) is 45.3 Å². The maximum atomic E-state index is 11.4. The van der Waals surface area contributed by atoms with Gasteiger partial charge in [-0.25, -0.2) is 4.98 Å². The smallest absolute Gasteiger partial charge is 0.252 e. The average molecular weight is 332 g/mol. The van der Waals surface area contributed by atoms with E-state index in [-0.39, 0.29) is 5.56 Å². The summed E-state index contributed by atoms with van der Waals surface area (Å²) in [4.78, 5) is 15.8. The van der Waals surface area contributed by atoms with Crippen molar-refractivity contribution >= 4 is 38.6 Å². The Morgan fingerprint density at radius 1 is 1.25 bits per heavy atom. The third kappa shape index (κ3) is 2.04. The molecule has 20 heavy (non-hydrogen) atoms. The summed E-state index contributed by atoms with van der Waals surface area (Å²) in [6.07, 6.45) is 0. The maximum absolute atomic E-state index is 11.4. The predicted octanol–water partition coefficient (Wildman–Crippen LogP) is 2.94. The van der Waals surface area contributed by atoms with Gasteiger partial charge in [-0.1, -0.05) is 12.1 Å². The summed E-state index contributed by atoms with van der Waals surface area (Å²) < 4.78 is 6.53. The Bertz CT molecular complexity index is 826. The van der Waals surface area contributed by atoms with Gasteiger partial charge in [0.05, 0.1) is 11.1 Å². The monoisotopic (exact) mass is 331 g/mol. The number of primary amides is 1. The molecule has 0 saturated heterocycles. The van der Waals surface area contributed by atoms with E-state index in [1.807, 2.05) is 24.3 Å². The van der Waals surface area contributed by atoms with Gasteiger partial charge in [0.2, 0.25) is 5.89 Å². The fourth-order valence-electron chi connectivity index (χ4n) is 1.99. The second-order valence-electron chi connectivity index (χ2n) is 4.28. The third-order valence-corrected chi connectivity index (χ3v) is 3.57. The van der Waals surface area contributed by atoms with Crippen molar-refractivity contribution in [2.45, 2.75) is 0 Å². The van der Waals surface area contributed by atoms with Gasteiger partial charge < -0.3 is 15.9 Å². The first-order valence-corrected chi connectivity index (χ1v) is 6.60. The molecule has 0 aliphatic rings. The van der Waals surface area contributed by atoms with E-state index in [1.165, 1.54) is 6.07 Å². The lowest BCUT2D eigenvalue weighted by atomic mass is 10.1. The molecule has 0 aliphatic carbocycles. The Morgan fingerprint density at radius 2 is 2.00 bits per heavy atom. The van der Waals surface area contributed by atoms with Crippen molar-refractivity contribution in [1.82, 2.24) is 4.98 Å². The lowest BCUT2D eigenvalue weighted by Gasteiger charge is -1.98. The van der Waals surface area contributed by atoms with E-state index in [2.05, 4.69) is 20.9 Å². The second-order valence-corrected chi connectivity index (χ2v) is 5.13. The SMILES string of the molecule is NC(=O)c1cc(N)cc2nc(-c3ccccc3Br)oc12. The first kappa shape index (κ1) is 12.7. The van der Waals surface area contributed by atoms with Crippen molar-refractivity contribution in [3.8, 4) is 11.5 Å². The van der Waals surface area contributed by atoms with Crippen LogP contribution in [-0.2, 0) is 0 Å². The van der Waals surface area contributed by atoms with Crippen LogP contribution in [0, 0.1) is 0 Å².